The summed E-state index contributed by atoms with van der Waals surface area (Å²) < 4.78 is 23.0. The highest BCUT2D eigenvalue weighted by Crippen LogP contribution is 2.36. The second kappa shape index (κ2) is 27.5. The van der Waals surface area contributed by atoms with Crippen LogP contribution in [-0.4, -0.2) is 81.1 Å². The van der Waals surface area contributed by atoms with Gasteiger partial charge in [-0.1, -0.05) is 84.6 Å². The van der Waals surface area contributed by atoms with E-state index in [1.165, 1.54) is 14.2 Å². The number of hydrogen-bond acceptors (Lipinski definition) is 8. The Morgan fingerprint density at radius 1 is 1.04 bits per heavy atom. The minimum Gasteiger partial charge on any atom is -0.493 e. The van der Waals surface area contributed by atoms with Gasteiger partial charge in [-0.05, 0) is 58.3 Å². The van der Waals surface area contributed by atoms with Crippen molar-refractivity contribution in [2.75, 3.05) is 41.0 Å². The number of ether oxygens (including phenoxy) is 4. The number of allylic oxidation sites excluding steroid dienone is 5. The minimum atomic E-state index is -0.180. The highest BCUT2D eigenvalue weighted by Gasteiger charge is 2.32. The zero-order valence-electron chi connectivity index (χ0n) is 35.2. The molecule has 2 aliphatic rings. The summed E-state index contributed by atoms with van der Waals surface area (Å²) in [6.45, 7) is 28.6. The fourth-order valence-corrected chi connectivity index (χ4v) is 5.12. The molecule has 10 nitrogen and oxygen atoms in total. The molecule has 0 fully saturated rings. The minimum absolute atomic E-state index is 0.129. The fourth-order valence-electron chi connectivity index (χ4n) is 5.12. The quantitative estimate of drug-likeness (QED) is 0.0681. The van der Waals surface area contributed by atoms with Crippen LogP contribution in [0.25, 0.3) is 0 Å². The van der Waals surface area contributed by atoms with Crippen LogP contribution in [0.3, 0.4) is 0 Å². The third kappa shape index (κ3) is 14.7. The number of nitrogens with zero attached hydrogens (tertiary/aromatic N) is 4. The van der Waals surface area contributed by atoms with E-state index in [0.29, 0.717) is 72.2 Å². The van der Waals surface area contributed by atoms with E-state index in [0.717, 1.165) is 11.1 Å². The summed E-state index contributed by atoms with van der Waals surface area (Å²) >= 11 is 0. The molecule has 0 aliphatic carbocycles. The Hall–Kier alpha value is -5.12. The van der Waals surface area contributed by atoms with E-state index in [2.05, 4.69) is 23.1 Å². The summed E-state index contributed by atoms with van der Waals surface area (Å²) in [7, 11) is 4.78. The maximum Gasteiger partial charge on any atom is 0.260 e. The molecule has 1 unspecified atom stereocenters. The first-order chi connectivity index (χ1) is 26.1. The van der Waals surface area contributed by atoms with Gasteiger partial charge < -0.3 is 28.7 Å². The molecule has 0 saturated carbocycles. The maximum atomic E-state index is 13.5. The summed E-state index contributed by atoms with van der Waals surface area (Å²) in [4.78, 5) is 39.1. The lowest BCUT2D eigenvalue weighted by Crippen LogP contribution is -2.33. The standard InChI is InChI=1S/C38H48N4O6.3C2H6/c1-10-14-26(4)16-17-41(7)37(43)32-22-35(46-9)36(23-33(32)39-12-3)48-19-13-18-47-28(6)34(45-8)21-31-27(5)40-24-30-20-29(15-11-2)25-42(30)38(31)44;3*1-2/h10-12,14-15,21-25,30H,4,6,13,16-20H2,1-3,5,7-9H3;3*1-2H3/b14-10+,15-11+,34-21+,39-12?;;;. The number of carbonyl (C=O) groups is 2. The molecule has 10 heteroatoms. The molecule has 1 aromatic rings. The molecular weight excluding hydrogens is 681 g/mol. The lowest BCUT2D eigenvalue weighted by atomic mass is 10.1. The van der Waals surface area contributed by atoms with E-state index in [1.807, 2.05) is 85.9 Å². The molecular formula is C44H66N4O6. The van der Waals surface area contributed by atoms with E-state index in [4.69, 9.17) is 18.9 Å². The van der Waals surface area contributed by atoms with Crippen LogP contribution in [0.15, 0.2) is 106 Å². The van der Waals surface area contributed by atoms with Gasteiger partial charge in [0.1, 0.15) is 0 Å². The first-order valence-corrected chi connectivity index (χ1v) is 19.0. The summed E-state index contributed by atoms with van der Waals surface area (Å²) in [5.41, 5.74) is 3.89. The predicted octanol–water partition coefficient (Wildman–Crippen LogP) is 10.3. The summed E-state index contributed by atoms with van der Waals surface area (Å²) in [5.74, 6) is 1.13. The van der Waals surface area contributed by atoms with Gasteiger partial charge in [0.2, 0.25) is 0 Å². The van der Waals surface area contributed by atoms with Crippen LogP contribution in [-0.2, 0) is 14.3 Å². The Labute approximate surface area is 326 Å². The molecule has 2 amide bonds. The van der Waals surface area contributed by atoms with Gasteiger partial charge in [0.05, 0.1) is 50.3 Å². The fraction of sp³-hybridized carbons (Fsp3) is 0.455. The van der Waals surface area contributed by atoms with Crippen molar-refractivity contribution in [2.24, 2.45) is 9.98 Å². The summed E-state index contributed by atoms with van der Waals surface area (Å²) in [5, 5.41) is 0. The van der Waals surface area contributed by atoms with Crippen molar-refractivity contribution in [1.82, 2.24) is 9.80 Å². The van der Waals surface area contributed by atoms with Crippen LogP contribution < -0.4 is 9.47 Å². The van der Waals surface area contributed by atoms with Crippen molar-refractivity contribution in [2.45, 2.75) is 94.5 Å². The number of rotatable bonds is 17. The molecule has 54 heavy (non-hydrogen) atoms. The Bertz CT molecular complexity index is 1600. The van der Waals surface area contributed by atoms with Gasteiger partial charge in [-0.2, -0.15) is 0 Å². The molecule has 2 aliphatic heterocycles. The number of methoxy groups -OCH3 is 2. The Balaban J connectivity index is 0.00000445. The topological polar surface area (TPSA) is 102 Å². The number of amides is 2. The van der Waals surface area contributed by atoms with Gasteiger partial charge >= 0.3 is 0 Å². The molecule has 3 rings (SSSR count). The first-order valence-electron chi connectivity index (χ1n) is 19.0. The lowest BCUT2D eigenvalue weighted by Gasteiger charge is -2.20. The molecule has 0 bridgehead atoms. The van der Waals surface area contributed by atoms with Gasteiger partial charge in [0, 0.05) is 50.4 Å². The van der Waals surface area contributed by atoms with Crippen molar-refractivity contribution in [3.63, 3.8) is 0 Å². The number of benzene rings is 1. The third-order valence-corrected chi connectivity index (χ3v) is 7.67. The van der Waals surface area contributed by atoms with Gasteiger partial charge in [0.25, 0.3) is 11.8 Å². The van der Waals surface area contributed by atoms with Crippen molar-refractivity contribution in [1.29, 1.82) is 0 Å². The van der Waals surface area contributed by atoms with E-state index in [-0.39, 0.29) is 30.2 Å². The smallest absolute Gasteiger partial charge is 0.260 e. The number of hydrogen-bond donors (Lipinski definition) is 0. The Morgan fingerprint density at radius 2 is 1.72 bits per heavy atom. The van der Waals surface area contributed by atoms with Crippen molar-refractivity contribution < 1.29 is 28.5 Å². The van der Waals surface area contributed by atoms with Crippen LogP contribution in [0.2, 0.25) is 0 Å². The SMILES string of the molecule is C=C(/C=C/C)CCN(C)C(=O)c1cc(OC)c(OCCCOC(=C)/C(=C\C2=C(C)N=CC3CC(/C=C/C)=CN3C2=O)OC)cc1N=CC.CC.CC.CC. The number of carbonyl (C=O) groups excluding carboxylic acids is 2. The lowest BCUT2D eigenvalue weighted by molar-refractivity contribution is -0.124. The first kappa shape index (κ1) is 48.9. The molecule has 1 atom stereocenters. The highest BCUT2D eigenvalue weighted by atomic mass is 16.5. The number of fused-ring (bicyclic) bond motifs is 1. The van der Waals surface area contributed by atoms with Gasteiger partial charge in [-0.3, -0.25) is 19.6 Å². The predicted molar refractivity (Wildman–Crippen MR) is 226 cm³/mol. The van der Waals surface area contributed by atoms with Crippen molar-refractivity contribution in [3.05, 3.63) is 101 Å². The summed E-state index contributed by atoms with van der Waals surface area (Å²) in [6.07, 6.45) is 16.6. The second-order valence-corrected chi connectivity index (χ2v) is 11.2. The largest absolute Gasteiger partial charge is 0.493 e. The van der Waals surface area contributed by atoms with Gasteiger partial charge in [-0.15, -0.1) is 0 Å². The monoisotopic (exact) mass is 746 g/mol. The molecule has 298 valence electrons. The molecule has 0 spiro atoms. The van der Waals surface area contributed by atoms with E-state index < -0.39 is 0 Å². The molecule has 0 N–H and O–H groups in total. The second-order valence-electron chi connectivity index (χ2n) is 11.2. The average molecular weight is 747 g/mol. The van der Waals surface area contributed by atoms with E-state index >= 15 is 0 Å². The normalized spacial score (nSPS) is 14.9. The van der Waals surface area contributed by atoms with Gasteiger partial charge in [0.15, 0.2) is 23.0 Å². The van der Waals surface area contributed by atoms with Crippen LogP contribution in [0.5, 0.6) is 11.5 Å². The van der Waals surface area contributed by atoms with Crippen LogP contribution in [0.1, 0.15) is 98.9 Å². The molecule has 0 aromatic heterocycles. The Morgan fingerprint density at radius 3 is 2.31 bits per heavy atom. The van der Waals surface area contributed by atoms with E-state index in [1.54, 1.807) is 61.3 Å². The van der Waals surface area contributed by atoms with Crippen LogP contribution in [0, 0.1) is 0 Å². The molecule has 0 saturated heterocycles. The molecule has 0 radical (unpaired) electrons. The highest BCUT2D eigenvalue weighted by molar-refractivity contribution is 6.01. The van der Waals surface area contributed by atoms with Gasteiger partial charge in [-0.25, -0.2) is 0 Å². The maximum absolute atomic E-state index is 13.5. The Kier molecular flexibility index (Phi) is 24.9. The zero-order valence-corrected chi connectivity index (χ0v) is 35.2. The third-order valence-electron chi connectivity index (χ3n) is 7.67. The number of aliphatic imine (C=N–C) groups is 2. The van der Waals surface area contributed by atoms with E-state index in [9.17, 15) is 9.59 Å². The van der Waals surface area contributed by atoms with Crippen LogP contribution in [0.4, 0.5) is 5.69 Å². The summed E-state index contributed by atoms with van der Waals surface area (Å²) in [6, 6.07) is 3.23. The average Bonchev–Trinajstić information content (AvgIpc) is 3.56. The molecule has 1 aromatic carbocycles. The molecule has 2 heterocycles. The van der Waals surface area contributed by atoms with Crippen LogP contribution >= 0.6 is 0 Å². The van der Waals surface area contributed by atoms with Crippen molar-refractivity contribution >= 4 is 29.9 Å². The van der Waals surface area contributed by atoms with Crippen molar-refractivity contribution in [3.8, 4) is 11.5 Å². The zero-order chi connectivity index (χ0) is 41.2.